The van der Waals surface area contributed by atoms with Crippen LogP contribution in [-0.4, -0.2) is 71.7 Å². The monoisotopic (exact) mass is 583 g/mol. The number of fused-ring (bicyclic) bond motifs is 2. The molecule has 5 rings (SSSR count). The normalized spacial score (nSPS) is 19.9. The Morgan fingerprint density at radius 2 is 1.00 bits per heavy atom. The molecule has 0 radical (unpaired) electrons. The third-order valence-electron chi connectivity index (χ3n) is 9.72. The SMILES string of the molecule is CCc1ccnc2ccc(C3C(O)C(c4ccc5nccc(N(CC)CC)c5c4N(CC)CC)C3O)c(N(CC)CC)c12. The van der Waals surface area contributed by atoms with Crippen LogP contribution >= 0.6 is 0 Å². The topological polar surface area (TPSA) is 76.0 Å². The number of pyridine rings is 2. The van der Waals surface area contributed by atoms with E-state index in [1.54, 1.807) is 0 Å². The van der Waals surface area contributed by atoms with Crippen molar-refractivity contribution >= 4 is 38.9 Å². The molecule has 4 aromatic rings. The van der Waals surface area contributed by atoms with Crippen LogP contribution in [0, 0.1) is 0 Å². The summed E-state index contributed by atoms with van der Waals surface area (Å²) < 4.78 is 0. The van der Waals surface area contributed by atoms with E-state index >= 15 is 0 Å². The van der Waals surface area contributed by atoms with Crippen LogP contribution in [0.5, 0.6) is 0 Å². The number of aromatic nitrogens is 2. The van der Waals surface area contributed by atoms with Crippen molar-refractivity contribution in [3.05, 3.63) is 65.5 Å². The number of hydrogen-bond donors (Lipinski definition) is 2. The van der Waals surface area contributed by atoms with Gasteiger partial charge in [0.25, 0.3) is 0 Å². The van der Waals surface area contributed by atoms with Gasteiger partial charge < -0.3 is 24.9 Å². The zero-order chi connectivity index (χ0) is 30.8. The highest BCUT2D eigenvalue weighted by Crippen LogP contribution is 2.54. The second-order valence-corrected chi connectivity index (χ2v) is 11.5. The average Bonchev–Trinajstić information content (AvgIpc) is 3.04. The van der Waals surface area contributed by atoms with Crippen molar-refractivity contribution in [2.45, 2.75) is 78.9 Å². The number of benzene rings is 2. The van der Waals surface area contributed by atoms with E-state index in [1.807, 2.05) is 12.4 Å². The molecule has 0 spiro atoms. The van der Waals surface area contributed by atoms with E-state index in [1.165, 1.54) is 5.56 Å². The molecule has 2 aromatic heterocycles. The molecule has 2 aromatic carbocycles. The molecule has 0 aliphatic heterocycles. The average molecular weight is 584 g/mol. The molecule has 2 N–H and O–H groups in total. The van der Waals surface area contributed by atoms with Crippen molar-refractivity contribution in [3.8, 4) is 0 Å². The van der Waals surface area contributed by atoms with Gasteiger partial charge in [0.1, 0.15) is 0 Å². The Bertz CT molecular complexity index is 1550. The van der Waals surface area contributed by atoms with Crippen LogP contribution in [0.4, 0.5) is 17.1 Å². The number of nitrogens with zero attached hydrogens (tertiary/aromatic N) is 5. The standard InChI is InChI=1S/C36H49N5O2/c1-8-23-19-21-37-26-17-15-24(33(29(23)26)40(11-4)12-5)30-35(42)31(36(30)43)25-16-18-27-32(34(25)41(13-6)14-7)28(20-22-38-27)39(9-2)10-3/h15-22,30-31,35-36,42-43H,8-14H2,1-7H3. The van der Waals surface area contributed by atoms with E-state index in [2.05, 4.69) is 99.6 Å². The maximum atomic E-state index is 12.1. The van der Waals surface area contributed by atoms with Gasteiger partial charge in [-0.05, 0) is 88.9 Å². The van der Waals surface area contributed by atoms with Crippen molar-refractivity contribution in [3.63, 3.8) is 0 Å². The van der Waals surface area contributed by atoms with Crippen LogP contribution < -0.4 is 14.7 Å². The van der Waals surface area contributed by atoms with Crippen LogP contribution in [0.15, 0.2) is 48.8 Å². The zero-order valence-electron chi connectivity index (χ0n) is 27.0. The van der Waals surface area contributed by atoms with E-state index in [-0.39, 0.29) is 0 Å². The van der Waals surface area contributed by atoms with Gasteiger partial charge in [-0.2, -0.15) is 0 Å². The van der Waals surface area contributed by atoms with E-state index in [9.17, 15) is 10.2 Å². The molecular formula is C36H49N5O2. The summed E-state index contributed by atoms with van der Waals surface area (Å²) >= 11 is 0. The van der Waals surface area contributed by atoms with Gasteiger partial charge in [-0.3, -0.25) is 9.97 Å². The molecule has 1 fully saturated rings. The molecule has 7 nitrogen and oxygen atoms in total. The van der Waals surface area contributed by atoms with Gasteiger partial charge in [0, 0.05) is 80.0 Å². The summed E-state index contributed by atoms with van der Waals surface area (Å²) in [5.74, 6) is -0.805. The lowest BCUT2D eigenvalue weighted by Gasteiger charge is -2.49. The highest BCUT2D eigenvalue weighted by molar-refractivity contribution is 6.03. The summed E-state index contributed by atoms with van der Waals surface area (Å²) in [5, 5.41) is 26.3. The summed E-state index contributed by atoms with van der Waals surface area (Å²) in [7, 11) is 0. The quantitative estimate of drug-likeness (QED) is 0.198. The van der Waals surface area contributed by atoms with Gasteiger partial charge in [-0.15, -0.1) is 0 Å². The third kappa shape index (κ3) is 5.10. The van der Waals surface area contributed by atoms with Crippen molar-refractivity contribution in [2.24, 2.45) is 0 Å². The van der Waals surface area contributed by atoms with Crippen LogP contribution in [0.3, 0.4) is 0 Å². The molecule has 1 saturated carbocycles. The Morgan fingerprint density at radius 1 is 0.558 bits per heavy atom. The fourth-order valence-electron chi connectivity index (χ4n) is 7.40. The predicted molar refractivity (Wildman–Crippen MR) is 181 cm³/mol. The minimum absolute atomic E-state index is 0.397. The highest BCUT2D eigenvalue weighted by atomic mass is 16.3. The molecule has 43 heavy (non-hydrogen) atoms. The lowest BCUT2D eigenvalue weighted by atomic mass is 9.62. The molecule has 0 bridgehead atoms. The van der Waals surface area contributed by atoms with Gasteiger partial charge in [0.15, 0.2) is 0 Å². The first kappa shape index (κ1) is 31.0. The maximum Gasteiger partial charge on any atom is 0.0743 e. The Hall–Kier alpha value is -3.42. The minimum atomic E-state index is -0.733. The first-order valence-corrected chi connectivity index (χ1v) is 16.3. The highest BCUT2D eigenvalue weighted by Gasteiger charge is 2.52. The molecule has 230 valence electrons. The smallest absolute Gasteiger partial charge is 0.0743 e. The van der Waals surface area contributed by atoms with Crippen molar-refractivity contribution in [1.82, 2.24) is 9.97 Å². The van der Waals surface area contributed by atoms with Gasteiger partial charge in [-0.1, -0.05) is 19.1 Å². The van der Waals surface area contributed by atoms with Crippen LogP contribution in [0.2, 0.25) is 0 Å². The second kappa shape index (κ2) is 13.1. The molecule has 2 unspecified atom stereocenters. The lowest BCUT2D eigenvalue weighted by molar-refractivity contribution is -0.0781. The number of hydrogen-bond acceptors (Lipinski definition) is 7. The van der Waals surface area contributed by atoms with Gasteiger partial charge in [-0.25, -0.2) is 0 Å². The Kier molecular flexibility index (Phi) is 9.42. The Balaban J connectivity index is 1.69. The number of anilines is 3. The number of aryl methyl sites for hydroxylation is 1. The first-order chi connectivity index (χ1) is 20.9. The summed E-state index contributed by atoms with van der Waals surface area (Å²) in [5.41, 5.74) is 8.47. The summed E-state index contributed by atoms with van der Waals surface area (Å²) in [4.78, 5) is 16.5. The second-order valence-electron chi connectivity index (χ2n) is 11.5. The van der Waals surface area contributed by atoms with Crippen LogP contribution in [0.1, 0.15) is 77.0 Å². The van der Waals surface area contributed by atoms with Gasteiger partial charge in [0.2, 0.25) is 0 Å². The maximum absolute atomic E-state index is 12.1. The summed E-state index contributed by atoms with van der Waals surface area (Å²) in [6.45, 7) is 20.3. The Morgan fingerprint density at radius 3 is 1.47 bits per heavy atom. The van der Waals surface area contributed by atoms with E-state index < -0.39 is 24.0 Å². The largest absolute Gasteiger partial charge is 0.392 e. The van der Waals surface area contributed by atoms with E-state index in [0.29, 0.717) is 0 Å². The van der Waals surface area contributed by atoms with Gasteiger partial charge >= 0.3 is 0 Å². The lowest BCUT2D eigenvalue weighted by Crippen LogP contribution is -2.52. The minimum Gasteiger partial charge on any atom is -0.392 e. The summed E-state index contributed by atoms with van der Waals surface area (Å²) in [6, 6.07) is 12.5. The van der Waals surface area contributed by atoms with Crippen molar-refractivity contribution in [1.29, 1.82) is 0 Å². The predicted octanol–water partition coefficient (Wildman–Crippen LogP) is 6.49. The molecular weight excluding hydrogens is 534 g/mol. The van der Waals surface area contributed by atoms with Crippen molar-refractivity contribution in [2.75, 3.05) is 54.0 Å². The fraction of sp³-hybridized carbons (Fsp3) is 0.500. The number of aliphatic hydroxyl groups excluding tert-OH is 2. The van der Waals surface area contributed by atoms with Crippen LogP contribution in [-0.2, 0) is 6.42 Å². The molecule has 0 amide bonds. The van der Waals surface area contributed by atoms with Crippen LogP contribution in [0.25, 0.3) is 21.8 Å². The van der Waals surface area contributed by atoms with Crippen molar-refractivity contribution < 1.29 is 10.2 Å². The molecule has 0 saturated heterocycles. The summed E-state index contributed by atoms with van der Waals surface area (Å²) in [6.07, 6.45) is 3.19. The Labute approximate surface area is 257 Å². The van der Waals surface area contributed by atoms with Gasteiger partial charge in [0.05, 0.1) is 34.6 Å². The fourth-order valence-corrected chi connectivity index (χ4v) is 7.40. The molecule has 2 atom stereocenters. The molecule has 2 heterocycles. The molecule has 7 heteroatoms. The third-order valence-corrected chi connectivity index (χ3v) is 9.72. The van der Waals surface area contributed by atoms with E-state index in [4.69, 9.17) is 9.97 Å². The molecule has 1 aliphatic carbocycles. The number of rotatable bonds is 12. The number of aliphatic hydroxyl groups is 2. The molecule has 1 aliphatic rings. The zero-order valence-corrected chi connectivity index (χ0v) is 27.0. The first-order valence-electron chi connectivity index (χ1n) is 16.3. The van der Waals surface area contributed by atoms with E-state index in [0.717, 1.165) is 95.7 Å².